The molecule has 3 nitrogen and oxygen atoms in total. The fourth-order valence-electron chi connectivity index (χ4n) is 1.84. The fraction of sp³-hybridized carbons (Fsp3) is 0.909. The molecule has 2 unspecified atom stereocenters. The molecule has 1 heterocycles. The SMILES string of the molecule is CCOCC(C)N1CCC(=O)C(C)C1. The molecule has 0 amide bonds. The molecule has 0 spiro atoms. The van der Waals surface area contributed by atoms with E-state index in [0.29, 0.717) is 18.2 Å². The molecular formula is C11H21NO2. The average Bonchev–Trinajstić information content (AvgIpc) is 2.18. The van der Waals surface area contributed by atoms with Crippen molar-refractivity contribution in [2.45, 2.75) is 33.2 Å². The maximum atomic E-state index is 11.3. The summed E-state index contributed by atoms with van der Waals surface area (Å²) in [5.74, 6) is 0.609. The summed E-state index contributed by atoms with van der Waals surface area (Å²) in [6.45, 7) is 9.53. The maximum absolute atomic E-state index is 11.3. The molecule has 0 radical (unpaired) electrons. The second-order valence-electron chi connectivity index (χ2n) is 4.12. The highest BCUT2D eigenvalue weighted by molar-refractivity contribution is 5.81. The number of rotatable bonds is 4. The molecule has 1 rings (SSSR count). The van der Waals surface area contributed by atoms with Crippen LogP contribution < -0.4 is 0 Å². The second kappa shape index (κ2) is 5.47. The van der Waals surface area contributed by atoms with Crippen molar-refractivity contribution in [1.29, 1.82) is 0 Å². The van der Waals surface area contributed by atoms with Crippen LogP contribution in [0.4, 0.5) is 0 Å². The van der Waals surface area contributed by atoms with Crippen LogP contribution in [0.15, 0.2) is 0 Å². The Labute approximate surface area is 86.4 Å². The van der Waals surface area contributed by atoms with Gasteiger partial charge in [-0.25, -0.2) is 0 Å². The Morgan fingerprint density at radius 2 is 2.36 bits per heavy atom. The predicted molar refractivity (Wildman–Crippen MR) is 56.3 cm³/mol. The van der Waals surface area contributed by atoms with Crippen LogP contribution >= 0.6 is 0 Å². The number of carbonyl (C=O) groups excluding carboxylic acids is 1. The number of Topliss-reactive ketones (excluding diaryl/α,β-unsaturated/α-hetero) is 1. The van der Waals surface area contributed by atoms with Gasteiger partial charge in [-0.3, -0.25) is 9.69 Å². The van der Waals surface area contributed by atoms with Gasteiger partial charge in [0.05, 0.1) is 6.61 Å². The smallest absolute Gasteiger partial charge is 0.138 e. The summed E-state index contributed by atoms with van der Waals surface area (Å²) < 4.78 is 5.38. The van der Waals surface area contributed by atoms with Crippen molar-refractivity contribution >= 4 is 5.78 Å². The van der Waals surface area contributed by atoms with Gasteiger partial charge in [-0.2, -0.15) is 0 Å². The molecule has 0 aliphatic carbocycles. The molecule has 1 saturated heterocycles. The molecule has 2 atom stereocenters. The third-order valence-corrected chi connectivity index (χ3v) is 2.89. The van der Waals surface area contributed by atoms with Crippen molar-refractivity contribution in [3.8, 4) is 0 Å². The first-order valence-corrected chi connectivity index (χ1v) is 5.49. The molecule has 1 aliphatic rings. The first kappa shape index (κ1) is 11.7. The predicted octanol–water partition coefficient (Wildman–Crippen LogP) is 1.32. The van der Waals surface area contributed by atoms with Gasteiger partial charge < -0.3 is 4.74 Å². The van der Waals surface area contributed by atoms with Gasteiger partial charge in [0.1, 0.15) is 5.78 Å². The van der Waals surface area contributed by atoms with Crippen molar-refractivity contribution in [2.75, 3.05) is 26.3 Å². The van der Waals surface area contributed by atoms with Crippen LogP contribution in [0.2, 0.25) is 0 Å². The van der Waals surface area contributed by atoms with Crippen LogP contribution in [-0.4, -0.2) is 43.0 Å². The van der Waals surface area contributed by atoms with Crippen LogP contribution in [0.3, 0.4) is 0 Å². The van der Waals surface area contributed by atoms with Crippen molar-refractivity contribution in [3.63, 3.8) is 0 Å². The zero-order valence-corrected chi connectivity index (χ0v) is 9.45. The molecule has 3 heteroatoms. The largest absolute Gasteiger partial charge is 0.380 e. The minimum atomic E-state index is 0.202. The monoisotopic (exact) mass is 199 g/mol. The third-order valence-electron chi connectivity index (χ3n) is 2.89. The Hall–Kier alpha value is -0.410. The summed E-state index contributed by atoms with van der Waals surface area (Å²) in [5.41, 5.74) is 0. The average molecular weight is 199 g/mol. The summed E-state index contributed by atoms with van der Waals surface area (Å²) in [7, 11) is 0. The zero-order valence-electron chi connectivity index (χ0n) is 9.45. The van der Waals surface area contributed by atoms with Gasteiger partial charge >= 0.3 is 0 Å². The van der Waals surface area contributed by atoms with E-state index < -0.39 is 0 Å². The number of carbonyl (C=O) groups is 1. The molecule has 1 aliphatic heterocycles. The molecule has 1 fully saturated rings. The lowest BCUT2D eigenvalue weighted by Crippen LogP contribution is -2.46. The highest BCUT2D eigenvalue weighted by Crippen LogP contribution is 2.14. The van der Waals surface area contributed by atoms with Crippen LogP contribution in [0, 0.1) is 5.92 Å². The van der Waals surface area contributed by atoms with Crippen LogP contribution in [0.1, 0.15) is 27.2 Å². The molecule has 14 heavy (non-hydrogen) atoms. The minimum Gasteiger partial charge on any atom is -0.380 e. The number of hydrogen-bond acceptors (Lipinski definition) is 3. The Bertz CT molecular complexity index is 194. The van der Waals surface area contributed by atoms with Crippen molar-refractivity contribution in [1.82, 2.24) is 4.90 Å². The van der Waals surface area contributed by atoms with E-state index in [9.17, 15) is 4.79 Å². The molecule has 0 aromatic carbocycles. The zero-order chi connectivity index (χ0) is 10.6. The molecule has 0 N–H and O–H groups in total. The molecule has 0 aromatic heterocycles. The summed E-state index contributed by atoms with van der Waals surface area (Å²) in [4.78, 5) is 13.7. The van der Waals surface area contributed by atoms with E-state index in [1.807, 2.05) is 13.8 Å². The highest BCUT2D eigenvalue weighted by atomic mass is 16.5. The van der Waals surface area contributed by atoms with E-state index >= 15 is 0 Å². The fourth-order valence-corrected chi connectivity index (χ4v) is 1.84. The lowest BCUT2D eigenvalue weighted by atomic mass is 9.97. The summed E-state index contributed by atoms with van der Waals surface area (Å²) >= 11 is 0. The number of hydrogen-bond donors (Lipinski definition) is 0. The maximum Gasteiger partial charge on any atom is 0.138 e. The van der Waals surface area contributed by atoms with E-state index in [1.54, 1.807) is 0 Å². The number of likely N-dealkylation sites (tertiary alicyclic amines) is 1. The van der Waals surface area contributed by atoms with Crippen LogP contribution in [0.25, 0.3) is 0 Å². The normalized spacial score (nSPS) is 26.5. The van der Waals surface area contributed by atoms with E-state index in [0.717, 1.165) is 26.3 Å². The van der Waals surface area contributed by atoms with Crippen molar-refractivity contribution < 1.29 is 9.53 Å². The van der Waals surface area contributed by atoms with Gasteiger partial charge in [0, 0.05) is 38.1 Å². The van der Waals surface area contributed by atoms with E-state index in [2.05, 4.69) is 11.8 Å². The number of ether oxygens (including phenoxy) is 1. The minimum absolute atomic E-state index is 0.202. The summed E-state index contributed by atoms with van der Waals surface area (Å²) in [6.07, 6.45) is 0.706. The Kier molecular flexibility index (Phi) is 4.55. The van der Waals surface area contributed by atoms with Gasteiger partial charge in [-0.15, -0.1) is 0 Å². The van der Waals surface area contributed by atoms with E-state index in [4.69, 9.17) is 4.74 Å². The first-order chi connectivity index (χ1) is 6.65. The van der Waals surface area contributed by atoms with Gasteiger partial charge in [0.15, 0.2) is 0 Å². The van der Waals surface area contributed by atoms with Crippen LogP contribution in [0.5, 0.6) is 0 Å². The Morgan fingerprint density at radius 3 is 2.93 bits per heavy atom. The Morgan fingerprint density at radius 1 is 1.64 bits per heavy atom. The topological polar surface area (TPSA) is 29.5 Å². The number of nitrogens with zero attached hydrogens (tertiary/aromatic N) is 1. The van der Waals surface area contributed by atoms with E-state index in [-0.39, 0.29) is 5.92 Å². The second-order valence-corrected chi connectivity index (χ2v) is 4.12. The van der Waals surface area contributed by atoms with Gasteiger partial charge in [0.25, 0.3) is 0 Å². The quantitative estimate of drug-likeness (QED) is 0.684. The molecule has 0 bridgehead atoms. The highest BCUT2D eigenvalue weighted by Gasteiger charge is 2.26. The third kappa shape index (κ3) is 3.07. The molecule has 82 valence electrons. The van der Waals surface area contributed by atoms with Crippen molar-refractivity contribution in [3.05, 3.63) is 0 Å². The lowest BCUT2D eigenvalue weighted by Gasteiger charge is -2.34. The summed E-state index contributed by atoms with van der Waals surface area (Å²) in [5, 5.41) is 0. The number of ketones is 1. The number of piperidine rings is 1. The molecule has 0 saturated carbocycles. The molecule has 0 aromatic rings. The lowest BCUT2D eigenvalue weighted by molar-refractivity contribution is -0.126. The summed E-state index contributed by atoms with van der Waals surface area (Å²) in [6, 6.07) is 0.436. The van der Waals surface area contributed by atoms with Gasteiger partial charge in [-0.1, -0.05) is 6.92 Å². The Balaban J connectivity index is 2.34. The molecular weight excluding hydrogens is 178 g/mol. The van der Waals surface area contributed by atoms with Gasteiger partial charge in [-0.05, 0) is 13.8 Å². The van der Waals surface area contributed by atoms with Crippen LogP contribution in [-0.2, 0) is 9.53 Å². The van der Waals surface area contributed by atoms with Gasteiger partial charge in [0.2, 0.25) is 0 Å². The standard InChI is InChI=1S/C11H21NO2/c1-4-14-8-10(3)12-6-5-11(13)9(2)7-12/h9-10H,4-8H2,1-3H3. The first-order valence-electron chi connectivity index (χ1n) is 5.49. The van der Waals surface area contributed by atoms with Crippen molar-refractivity contribution in [2.24, 2.45) is 5.92 Å². The van der Waals surface area contributed by atoms with E-state index in [1.165, 1.54) is 0 Å².